The molecular formula is C6H19IOSi2. The van der Waals surface area contributed by atoms with Crippen LogP contribution in [0.15, 0.2) is 0 Å². The van der Waals surface area contributed by atoms with Crippen molar-refractivity contribution in [2.45, 2.75) is 39.3 Å². The van der Waals surface area contributed by atoms with Crippen molar-refractivity contribution in [3.05, 3.63) is 0 Å². The van der Waals surface area contributed by atoms with Gasteiger partial charge in [-0.05, 0) is 39.3 Å². The Kier molecular flexibility index (Phi) is 5.79. The molecule has 0 N–H and O–H groups in total. The van der Waals surface area contributed by atoms with Crippen LogP contribution in [0.4, 0.5) is 0 Å². The molecule has 0 aromatic heterocycles. The van der Waals surface area contributed by atoms with Crippen LogP contribution in [0.25, 0.3) is 0 Å². The minimum Gasteiger partial charge on any atom is -0.456 e. The van der Waals surface area contributed by atoms with Gasteiger partial charge in [-0.2, -0.15) is 0 Å². The summed E-state index contributed by atoms with van der Waals surface area (Å²) in [6.07, 6.45) is 0. The van der Waals surface area contributed by atoms with Crippen molar-refractivity contribution < 1.29 is 4.12 Å². The van der Waals surface area contributed by atoms with Crippen molar-refractivity contribution >= 4 is 40.6 Å². The van der Waals surface area contributed by atoms with Crippen LogP contribution in [0, 0.1) is 0 Å². The van der Waals surface area contributed by atoms with Gasteiger partial charge in [-0.3, -0.25) is 0 Å². The monoisotopic (exact) mass is 290 g/mol. The Morgan fingerprint density at radius 1 is 0.700 bits per heavy atom. The molecule has 0 atom stereocenters. The summed E-state index contributed by atoms with van der Waals surface area (Å²) in [6.45, 7) is 13.4. The number of hydrogen-bond acceptors (Lipinski definition) is 1. The number of halogens is 1. The molecule has 0 fully saturated rings. The molecule has 0 aliphatic heterocycles. The van der Waals surface area contributed by atoms with E-state index in [-0.39, 0.29) is 24.0 Å². The van der Waals surface area contributed by atoms with Gasteiger partial charge in [0, 0.05) is 0 Å². The van der Waals surface area contributed by atoms with Gasteiger partial charge in [0.15, 0.2) is 16.6 Å². The molecule has 0 radical (unpaired) electrons. The Bertz CT molecular complexity index is 80.9. The van der Waals surface area contributed by atoms with Crippen molar-refractivity contribution in [2.24, 2.45) is 0 Å². The van der Waals surface area contributed by atoms with Gasteiger partial charge in [-0.15, -0.1) is 24.0 Å². The van der Waals surface area contributed by atoms with Crippen molar-refractivity contribution in [2.75, 3.05) is 0 Å². The fourth-order valence-electron chi connectivity index (χ4n) is 0.919. The third-order valence-electron chi connectivity index (χ3n) is 0.612. The van der Waals surface area contributed by atoms with Gasteiger partial charge in [0.1, 0.15) is 0 Å². The van der Waals surface area contributed by atoms with Crippen LogP contribution in [0.1, 0.15) is 0 Å². The minimum atomic E-state index is -1.23. The second-order valence-corrected chi connectivity index (χ2v) is 13.6. The van der Waals surface area contributed by atoms with E-state index in [1.54, 1.807) is 0 Å². The minimum absolute atomic E-state index is 0. The van der Waals surface area contributed by atoms with Gasteiger partial charge < -0.3 is 4.12 Å². The second-order valence-electron chi connectivity index (χ2n) is 4.33. The highest BCUT2D eigenvalue weighted by Gasteiger charge is 2.24. The van der Waals surface area contributed by atoms with E-state index in [0.717, 1.165) is 0 Å². The molecule has 0 spiro atoms. The Hall–Kier alpha value is 1.12. The zero-order valence-electron chi connectivity index (χ0n) is 7.82. The van der Waals surface area contributed by atoms with Gasteiger partial charge in [-0.25, -0.2) is 0 Å². The molecule has 0 aromatic rings. The number of hydrogen-bond donors (Lipinski definition) is 0. The zero-order valence-corrected chi connectivity index (χ0v) is 12.1. The molecule has 64 valence electrons. The summed E-state index contributed by atoms with van der Waals surface area (Å²) in [5, 5.41) is 0. The third kappa shape index (κ3) is 11.9. The first-order chi connectivity index (χ1) is 3.71. The molecule has 4 heteroatoms. The van der Waals surface area contributed by atoms with E-state index in [2.05, 4.69) is 39.3 Å². The van der Waals surface area contributed by atoms with Crippen LogP contribution in [0.2, 0.25) is 39.3 Å². The summed E-state index contributed by atoms with van der Waals surface area (Å²) in [4.78, 5) is 0. The van der Waals surface area contributed by atoms with E-state index in [0.29, 0.717) is 0 Å². The van der Waals surface area contributed by atoms with Crippen molar-refractivity contribution in [1.82, 2.24) is 0 Å². The fourth-order valence-corrected chi connectivity index (χ4v) is 8.27. The lowest BCUT2D eigenvalue weighted by Crippen LogP contribution is -2.39. The summed E-state index contributed by atoms with van der Waals surface area (Å²) >= 11 is 0. The van der Waals surface area contributed by atoms with E-state index in [1.807, 2.05) is 0 Å². The van der Waals surface area contributed by atoms with E-state index in [4.69, 9.17) is 4.12 Å². The lowest BCUT2D eigenvalue weighted by Gasteiger charge is -2.27. The molecule has 0 saturated heterocycles. The molecule has 0 aliphatic carbocycles. The summed E-state index contributed by atoms with van der Waals surface area (Å²) in [5.41, 5.74) is 0. The lowest BCUT2D eigenvalue weighted by molar-refractivity contribution is 0.559. The zero-order chi connectivity index (χ0) is 7.71. The maximum absolute atomic E-state index is 5.90. The first kappa shape index (κ1) is 13.7. The average Bonchev–Trinajstić information content (AvgIpc) is 1.14. The molecule has 0 bridgehead atoms. The topological polar surface area (TPSA) is 9.23 Å². The summed E-state index contributed by atoms with van der Waals surface area (Å²) in [6, 6.07) is 0. The van der Waals surface area contributed by atoms with Gasteiger partial charge >= 0.3 is 0 Å². The van der Waals surface area contributed by atoms with Gasteiger partial charge in [0.25, 0.3) is 0 Å². The molecule has 10 heavy (non-hydrogen) atoms. The number of rotatable bonds is 2. The maximum atomic E-state index is 5.90. The quantitative estimate of drug-likeness (QED) is 0.560. The summed E-state index contributed by atoms with van der Waals surface area (Å²) < 4.78 is 5.90. The van der Waals surface area contributed by atoms with Gasteiger partial charge in [-0.1, -0.05) is 0 Å². The van der Waals surface area contributed by atoms with Crippen LogP contribution in [-0.4, -0.2) is 16.6 Å². The molecule has 0 amide bonds. The van der Waals surface area contributed by atoms with Crippen LogP contribution in [0.5, 0.6) is 0 Å². The Morgan fingerprint density at radius 3 is 0.900 bits per heavy atom. The lowest BCUT2D eigenvalue weighted by atomic mass is 11.8. The highest BCUT2D eigenvalue weighted by Crippen LogP contribution is 2.12. The molecule has 1 nitrogen and oxygen atoms in total. The SMILES string of the molecule is C[Si](C)(C)O[Si](C)(C)C.I. The largest absolute Gasteiger partial charge is 0.456 e. The smallest absolute Gasteiger partial charge is 0.170 e. The van der Waals surface area contributed by atoms with Crippen LogP contribution in [-0.2, 0) is 4.12 Å². The highest BCUT2D eigenvalue weighted by molar-refractivity contribution is 14.0. The highest BCUT2D eigenvalue weighted by atomic mass is 127. The average molecular weight is 290 g/mol. The van der Waals surface area contributed by atoms with Crippen molar-refractivity contribution in [3.63, 3.8) is 0 Å². The third-order valence-corrected chi connectivity index (χ3v) is 5.51. The van der Waals surface area contributed by atoms with Gasteiger partial charge in [0.2, 0.25) is 0 Å². The van der Waals surface area contributed by atoms with Gasteiger partial charge in [0.05, 0.1) is 0 Å². The Morgan fingerprint density at radius 2 is 0.900 bits per heavy atom. The van der Waals surface area contributed by atoms with Crippen LogP contribution in [0.3, 0.4) is 0 Å². The molecule has 0 saturated carbocycles. The predicted molar refractivity (Wildman–Crippen MR) is 63.2 cm³/mol. The normalized spacial score (nSPS) is 12.6. The molecule has 0 heterocycles. The van der Waals surface area contributed by atoms with Crippen molar-refractivity contribution in [1.29, 1.82) is 0 Å². The molecule has 0 aliphatic rings. The first-order valence-electron chi connectivity index (χ1n) is 3.41. The van der Waals surface area contributed by atoms with Crippen LogP contribution < -0.4 is 0 Å². The van der Waals surface area contributed by atoms with E-state index < -0.39 is 16.6 Å². The summed E-state index contributed by atoms with van der Waals surface area (Å²) in [7, 11) is -2.46. The van der Waals surface area contributed by atoms with E-state index in [9.17, 15) is 0 Å². The molecule has 0 unspecified atom stereocenters. The predicted octanol–water partition coefficient (Wildman–Crippen LogP) is 3.29. The molecular weight excluding hydrogens is 271 g/mol. The second kappa shape index (κ2) is 4.22. The Labute approximate surface area is 83.8 Å². The van der Waals surface area contributed by atoms with Crippen LogP contribution >= 0.6 is 24.0 Å². The van der Waals surface area contributed by atoms with E-state index >= 15 is 0 Å². The summed E-state index contributed by atoms with van der Waals surface area (Å²) in [5.74, 6) is 0. The standard InChI is InChI=1S/C6H18OSi2.HI/c1-8(2,3)7-9(4,5)6;/h1-6H3;1H. The molecule has 0 rings (SSSR count). The fraction of sp³-hybridized carbons (Fsp3) is 1.00. The van der Waals surface area contributed by atoms with E-state index in [1.165, 1.54) is 0 Å². The maximum Gasteiger partial charge on any atom is 0.170 e. The molecule has 0 aromatic carbocycles. The van der Waals surface area contributed by atoms with Crippen molar-refractivity contribution in [3.8, 4) is 0 Å². The first-order valence-corrected chi connectivity index (χ1v) is 10.2. The Balaban J connectivity index is 0.